The molecule has 0 bridgehead atoms. The summed E-state index contributed by atoms with van der Waals surface area (Å²) in [5, 5.41) is 72.0. The summed E-state index contributed by atoms with van der Waals surface area (Å²) in [6.45, 7) is 3.55. The molecule has 1 aromatic carbocycles. The van der Waals surface area contributed by atoms with E-state index in [0.29, 0.717) is 5.56 Å². The van der Waals surface area contributed by atoms with Crippen LogP contribution in [0.25, 0.3) is 0 Å². The predicted octanol–water partition coefficient (Wildman–Crippen LogP) is -1.89. The van der Waals surface area contributed by atoms with Gasteiger partial charge in [-0.15, -0.1) is 0 Å². The number of carbonyl (C=O) groups excluding carboxylic acids is 1. The Balaban J connectivity index is 1.33. The summed E-state index contributed by atoms with van der Waals surface area (Å²) in [5.41, 5.74) is -2.37. The van der Waals surface area contributed by atoms with Crippen molar-refractivity contribution in [2.75, 3.05) is 19.8 Å². The van der Waals surface area contributed by atoms with Crippen molar-refractivity contribution in [1.29, 1.82) is 0 Å². The van der Waals surface area contributed by atoms with E-state index in [1.54, 1.807) is 20.8 Å². The second kappa shape index (κ2) is 10.6. The third-order valence-electron chi connectivity index (χ3n) is 7.90. The molecule has 2 unspecified atom stereocenters. The topological polar surface area (TPSA) is 214 Å². The van der Waals surface area contributed by atoms with Crippen LogP contribution >= 0.6 is 0 Å². The van der Waals surface area contributed by atoms with Crippen LogP contribution < -0.4 is 9.47 Å². The lowest BCUT2D eigenvalue weighted by Gasteiger charge is -2.46. The van der Waals surface area contributed by atoms with E-state index in [1.165, 1.54) is 6.07 Å². The molecule has 4 aliphatic heterocycles. The van der Waals surface area contributed by atoms with Crippen LogP contribution in [0, 0.1) is 0 Å². The zero-order valence-electron chi connectivity index (χ0n) is 22.3. The first-order valence-corrected chi connectivity index (χ1v) is 13.1. The minimum Gasteiger partial charge on any atom is -0.504 e. The number of carbonyl (C=O) groups is 1. The van der Waals surface area contributed by atoms with Gasteiger partial charge in [0, 0.05) is 18.4 Å². The van der Waals surface area contributed by atoms with E-state index in [2.05, 4.69) is 0 Å². The molecule has 0 aliphatic carbocycles. The van der Waals surface area contributed by atoms with Gasteiger partial charge < -0.3 is 64.2 Å². The maximum atomic E-state index is 12.6. The number of ketones is 1. The number of fused-ring (bicyclic) bond motifs is 3. The smallest absolute Gasteiger partial charge is 0.187 e. The molecular weight excluding hydrogens is 536 g/mol. The standard InChI is InChI=1S/C26H36O14/c1-10-4-13(28)11-5-14(29)21-12(20(11)37-10)6-16(25(2,3)40-21)39-23-19(32)18(31)17(30)15(38-23)7-35-24-22(33)26(34,8-27)9-36-24/h5,10,15-19,22-24,27,29-34H,4,6-9H2,1-3H3/t10?,15-,16?,17-,18+,19-,22+,23+,24-,26-/m1/s1. The van der Waals surface area contributed by atoms with Crippen LogP contribution in [0.15, 0.2) is 6.07 Å². The predicted molar refractivity (Wildman–Crippen MR) is 131 cm³/mol. The van der Waals surface area contributed by atoms with Crippen LogP contribution in [0.5, 0.6) is 17.2 Å². The molecule has 2 fully saturated rings. The van der Waals surface area contributed by atoms with Crippen LogP contribution in [-0.2, 0) is 25.4 Å². The number of phenols is 1. The second-order valence-electron chi connectivity index (χ2n) is 11.4. The fraction of sp³-hybridized carbons (Fsp3) is 0.731. The van der Waals surface area contributed by atoms with Crippen molar-refractivity contribution >= 4 is 5.78 Å². The first-order valence-electron chi connectivity index (χ1n) is 13.1. The molecule has 5 rings (SSSR count). The Hall–Kier alpha value is -2.11. The molecule has 1 aromatic rings. The molecule has 0 spiro atoms. The molecule has 10 atom stereocenters. The van der Waals surface area contributed by atoms with E-state index in [4.69, 9.17) is 28.4 Å². The van der Waals surface area contributed by atoms with Gasteiger partial charge in [-0.2, -0.15) is 0 Å². The van der Waals surface area contributed by atoms with Crippen LogP contribution in [-0.4, -0.2) is 128 Å². The number of aliphatic hydroxyl groups is 6. The minimum atomic E-state index is -1.92. The molecule has 40 heavy (non-hydrogen) atoms. The average molecular weight is 573 g/mol. The SMILES string of the molecule is CC1CC(=O)c2cc(O)c3c(c2O1)CC(O[C@@H]1O[C@H](CO[C@@H]2OC[C@](O)(CO)[C@H]2O)[C@@H](O)[C@H](O)[C@H]1O)C(C)(C)O3. The highest BCUT2D eigenvalue weighted by Crippen LogP contribution is 2.49. The first kappa shape index (κ1) is 29.4. The third-order valence-corrected chi connectivity index (χ3v) is 7.90. The molecule has 2 saturated heterocycles. The minimum absolute atomic E-state index is 0.0906. The number of aromatic hydroxyl groups is 1. The highest BCUT2D eigenvalue weighted by Gasteiger charge is 2.51. The van der Waals surface area contributed by atoms with E-state index in [-0.39, 0.29) is 54.1 Å². The zero-order valence-corrected chi connectivity index (χ0v) is 22.3. The van der Waals surface area contributed by atoms with Crippen molar-refractivity contribution in [3.63, 3.8) is 0 Å². The van der Waals surface area contributed by atoms with Gasteiger partial charge in [0.2, 0.25) is 0 Å². The van der Waals surface area contributed by atoms with Crippen molar-refractivity contribution in [3.05, 3.63) is 17.2 Å². The van der Waals surface area contributed by atoms with E-state index in [9.17, 15) is 40.5 Å². The lowest BCUT2D eigenvalue weighted by molar-refractivity contribution is -0.327. The lowest BCUT2D eigenvalue weighted by Crippen LogP contribution is -2.62. The number of ether oxygens (including phenoxy) is 6. The van der Waals surface area contributed by atoms with Gasteiger partial charge in [-0.1, -0.05) is 0 Å². The molecule has 4 heterocycles. The van der Waals surface area contributed by atoms with Gasteiger partial charge in [-0.25, -0.2) is 0 Å². The van der Waals surface area contributed by atoms with Crippen molar-refractivity contribution in [2.45, 2.75) is 100 Å². The van der Waals surface area contributed by atoms with Crippen LogP contribution in [0.1, 0.15) is 43.1 Å². The fourth-order valence-corrected chi connectivity index (χ4v) is 5.37. The fourth-order valence-electron chi connectivity index (χ4n) is 5.37. The summed E-state index contributed by atoms with van der Waals surface area (Å²) < 4.78 is 34.5. The number of Topliss-reactive ketones (excluding diaryl/α,β-unsaturated/α-hetero) is 1. The second-order valence-corrected chi connectivity index (χ2v) is 11.4. The normalized spacial score (nSPS) is 40.6. The summed E-state index contributed by atoms with van der Waals surface area (Å²) in [6, 6.07) is 1.32. The van der Waals surface area contributed by atoms with Gasteiger partial charge in [0.15, 0.2) is 29.9 Å². The number of hydrogen-bond acceptors (Lipinski definition) is 14. The maximum Gasteiger partial charge on any atom is 0.187 e. The maximum absolute atomic E-state index is 12.6. The monoisotopic (exact) mass is 572 g/mol. The molecule has 14 heteroatoms. The Labute approximate surface area is 229 Å². The number of hydrogen-bond donors (Lipinski definition) is 7. The van der Waals surface area contributed by atoms with E-state index < -0.39 is 73.6 Å². The Morgan fingerprint density at radius 3 is 2.45 bits per heavy atom. The van der Waals surface area contributed by atoms with Crippen LogP contribution in [0.3, 0.4) is 0 Å². The van der Waals surface area contributed by atoms with Gasteiger partial charge in [0.1, 0.15) is 59.7 Å². The third kappa shape index (κ3) is 5.06. The van der Waals surface area contributed by atoms with Crippen molar-refractivity contribution in [1.82, 2.24) is 0 Å². The number of rotatable bonds is 6. The summed E-state index contributed by atoms with van der Waals surface area (Å²) in [7, 11) is 0. The number of aliphatic hydroxyl groups excluding tert-OH is 5. The van der Waals surface area contributed by atoms with Gasteiger partial charge in [-0.3, -0.25) is 4.79 Å². The Morgan fingerprint density at radius 2 is 1.77 bits per heavy atom. The van der Waals surface area contributed by atoms with Crippen LogP contribution in [0.2, 0.25) is 0 Å². The Bertz CT molecular complexity index is 1130. The van der Waals surface area contributed by atoms with Gasteiger partial charge >= 0.3 is 0 Å². The summed E-state index contributed by atoms with van der Waals surface area (Å²) >= 11 is 0. The molecule has 14 nitrogen and oxygen atoms in total. The lowest BCUT2D eigenvalue weighted by atomic mass is 9.87. The molecule has 0 amide bonds. The zero-order chi connectivity index (χ0) is 29.1. The molecule has 0 saturated carbocycles. The Morgan fingerprint density at radius 1 is 1.05 bits per heavy atom. The Kier molecular flexibility index (Phi) is 7.80. The molecular formula is C26H36O14. The quantitative estimate of drug-likeness (QED) is 0.199. The first-order chi connectivity index (χ1) is 18.8. The van der Waals surface area contributed by atoms with Crippen molar-refractivity contribution in [3.8, 4) is 17.2 Å². The van der Waals surface area contributed by atoms with Crippen molar-refractivity contribution in [2.24, 2.45) is 0 Å². The number of benzene rings is 1. The average Bonchev–Trinajstić information content (AvgIpc) is 3.18. The highest BCUT2D eigenvalue weighted by atomic mass is 16.7. The van der Waals surface area contributed by atoms with Crippen LogP contribution in [0.4, 0.5) is 0 Å². The summed E-state index contributed by atoms with van der Waals surface area (Å²) in [4.78, 5) is 12.6. The number of phenolic OH excluding ortho intramolecular Hbond substituents is 1. The van der Waals surface area contributed by atoms with E-state index >= 15 is 0 Å². The highest BCUT2D eigenvalue weighted by molar-refractivity contribution is 6.01. The molecule has 7 N–H and O–H groups in total. The van der Waals surface area contributed by atoms with Gasteiger partial charge in [0.05, 0.1) is 25.4 Å². The van der Waals surface area contributed by atoms with Gasteiger partial charge in [-0.05, 0) is 26.8 Å². The van der Waals surface area contributed by atoms with E-state index in [1.807, 2.05) is 0 Å². The molecule has 0 radical (unpaired) electrons. The van der Waals surface area contributed by atoms with Crippen molar-refractivity contribution < 1.29 is 69.0 Å². The largest absolute Gasteiger partial charge is 0.504 e. The van der Waals surface area contributed by atoms with E-state index in [0.717, 1.165) is 0 Å². The summed E-state index contributed by atoms with van der Waals surface area (Å²) in [5.74, 6) is 0.0237. The van der Waals surface area contributed by atoms with Gasteiger partial charge in [0.25, 0.3) is 0 Å². The molecule has 4 aliphatic rings. The molecule has 0 aromatic heterocycles. The molecule has 224 valence electrons. The summed E-state index contributed by atoms with van der Waals surface area (Å²) in [6.07, 6.45) is -11.6.